The molecule has 0 saturated heterocycles. The van der Waals surface area contributed by atoms with Crippen molar-refractivity contribution in [3.63, 3.8) is 0 Å². The van der Waals surface area contributed by atoms with Gasteiger partial charge in [-0.25, -0.2) is 0 Å². The fourth-order valence-corrected chi connectivity index (χ4v) is 2.67. The van der Waals surface area contributed by atoms with Gasteiger partial charge in [-0.15, -0.1) is 0 Å². The molecule has 0 bridgehead atoms. The Morgan fingerprint density at radius 2 is 1.75 bits per heavy atom. The topological polar surface area (TPSA) is 52.5 Å². The molecule has 2 unspecified atom stereocenters. The number of halogens is 2. The van der Waals surface area contributed by atoms with Gasteiger partial charge in [-0.1, -0.05) is 49.9 Å². The molecule has 0 spiro atoms. The molecule has 0 heterocycles. The third-order valence-corrected chi connectivity index (χ3v) is 4.18. The van der Waals surface area contributed by atoms with Crippen LogP contribution in [0.4, 0.5) is 0 Å². The highest BCUT2D eigenvalue weighted by molar-refractivity contribution is 6.33. The lowest BCUT2D eigenvalue weighted by molar-refractivity contribution is 0.0945. The highest BCUT2D eigenvalue weighted by Gasteiger charge is 2.16. The van der Waals surface area contributed by atoms with Crippen molar-refractivity contribution >= 4 is 23.2 Å². The van der Waals surface area contributed by atoms with Gasteiger partial charge < -0.3 is 15.5 Å². The van der Waals surface area contributed by atoms with E-state index in [1.165, 1.54) is 0 Å². The Balaban J connectivity index is 2.47. The maximum atomic E-state index is 10.1. The van der Waals surface area contributed by atoms with Crippen LogP contribution in [0.1, 0.15) is 38.4 Å². The Labute approximate surface area is 130 Å². The minimum atomic E-state index is -0.741. The standard InChI is InChI=1S/C15H23Cl2NO2/c1-3-10(4-2)14(19)8-18-9-15(20)12-7-11(16)5-6-13(12)17/h5-7,10,14-15,18-20H,3-4,8-9H2,1-2H3. The molecule has 3 nitrogen and oxygen atoms in total. The third kappa shape index (κ3) is 5.23. The summed E-state index contributed by atoms with van der Waals surface area (Å²) in [5, 5.41) is 24.2. The number of hydrogen-bond acceptors (Lipinski definition) is 3. The smallest absolute Gasteiger partial charge is 0.0929 e. The van der Waals surface area contributed by atoms with E-state index >= 15 is 0 Å². The van der Waals surface area contributed by atoms with Gasteiger partial charge in [0.05, 0.1) is 12.2 Å². The third-order valence-electron chi connectivity index (χ3n) is 3.60. The first kappa shape index (κ1) is 17.7. The van der Waals surface area contributed by atoms with Crippen molar-refractivity contribution in [1.29, 1.82) is 0 Å². The van der Waals surface area contributed by atoms with Gasteiger partial charge in [-0.3, -0.25) is 0 Å². The zero-order chi connectivity index (χ0) is 15.1. The minimum absolute atomic E-state index is 0.286. The molecule has 0 radical (unpaired) electrons. The van der Waals surface area contributed by atoms with Crippen LogP contribution >= 0.6 is 23.2 Å². The predicted molar refractivity (Wildman–Crippen MR) is 84.4 cm³/mol. The number of nitrogens with one attached hydrogen (secondary N) is 1. The molecule has 0 aliphatic heterocycles. The molecule has 20 heavy (non-hydrogen) atoms. The second-order valence-electron chi connectivity index (χ2n) is 4.98. The lowest BCUT2D eigenvalue weighted by Crippen LogP contribution is -2.34. The van der Waals surface area contributed by atoms with Crippen molar-refractivity contribution in [3.05, 3.63) is 33.8 Å². The Bertz CT molecular complexity index is 411. The van der Waals surface area contributed by atoms with Crippen molar-refractivity contribution in [2.24, 2.45) is 5.92 Å². The zero-order valence-corrected chi connectivity index (χ0v) is 13.5. The molecule has 3 N–H and O–H groups in total. The average molecular weight is 320 g/mol. The molecule has 1 aromatic rings. The van der Waals surface area contributed by atoms with E-state index in [4.69, 9.17) is 23.2 Å². The van der Waals surface area contributed by atoms with E-state index in [1.54, 1.807) is 18.2 Å². The largest absolute Gasteiger partial charge is 0.392 e. The van der Waals surface area contributed by atoms with E-state index in [9.17, 15) is 10.2 Å². The van der Waals surface area contributed by atoms with Crippen molar-refractivity contribution in [2.75, 3.05) is 13.1 Å². The number of benzene rings is 1. The quantitative estimate of drug-likeness (QED) is 0.688. The Kier molecular flexibility index (Phi) is 7.85. The lowest BCUT2D eigenvalue weighted by atomic mass is 9.96. The summed E-state index contributed by atoms with van der Waals surface area (Å²) in [5.74, 6) is 0.286. The molecule has 0 amide bonds. The van der Waals surface area contributed by atoms with Crippen molar-refractivity contribution < 1.29 is 10.2 Å². The first-order valence-corrected chi connectivity index (χ1v) is 7.76. The summed E-state index contributed by atoms with van der Waals surface area (Å²) >= 11 is 11.9. The molecular formula is C15H23Cl2NO2. The minimum Gasteiger partial charge on any atom is -0.392 e. The van der Waals surface area contributed by atoms with E-state index in [1.807, 2.05) is 0 Å². The van der Waals surface area contributed by atoms with Crippen LogP contribution in [0.25, 0.3) is 0 Å². The Hall–Kier alpha value is -0.320. The molecule has 0 aromatic heterocycles. The van der Waals surface area contributed by atoms with Crippen LogP contribution in [-0.2, 0) is 0 Å². The molecule has 2 atom stereocenters. The van der Waals surface area contributed by atoms with Crippen LogP contribution in [-0.4, -0.2) is 29.4 Å². The van der Waals surface area contributed by atoms with Crippen LogP contribution in [0, 0.1) is 5.92 Å². The average Bonchev–Trinajstić information content (AvgIpc) is 2.42. The van der Waals surface area contributed by atoms with E-state index in [0.29, 0.717) is 28.7 Å². The van der Waals surface area contributed by atoms with Crippen molar-refractivity contribution in [1.82, 2.24) is 5.32 Å². The fourth-order valence-electron chi connectivity index (χ4n) is 2.25. The molecular weight excluding hydrogens is 297 g/mol. The summed E-state index contributed by atoms with van der Waals surface area (Å²) in [7, 11) is 0. The van der Waals surface area contributed by atoms with Gasteiger partial charge in [0.15, 0.2) is 0 Å². The number of hydrogen-bond donors (Lipinski definition) is 3. The first-order chi connectivity index (χ1) is 9.49. The summed E-state index contributed by atoms with van der Waals surface area (Å²) in [6.45, 7) is 4.93. The monoisotopic (exact) mass is 319 g/mol. The Morgan fingerprint density at radius 3 is 2.35 bits per heavy atom. The number of aliphatic hydroxyl groups is 2. The fraction of sp³-hybridized carbons (Fsp3) is 0.600. The van der Waals surface area contributed by atoms with Crippen molar-refractivity contribution in [2.45, 2.75) is 38.9 Å². The molecule has 0 aliphatic carbocycles. The van der Waals surface area contributed by atoms with Gasteiger partial charge in [0.1, 0.15) is 0 Å². The van der Waals surface area contributed by atoms with Gasteiger partial charge in [-0.2, -0.15) is 0 Å². The van der Waals surface area contributed by atoms with Crippen LogP contribution in [0.2, 0.25) is 10.0 Å². The highest BCUT2D eigenvalue weighted by Crippen LogP contribution is 2.26. The zero-order valence-electron chi connectivity index (χ0n) is 11.9. The molecule has 1 aromatic carbocycles. The van der Waals surface area contributed by atoms with Gasteiger partial charge in [0, 0.05) is 28.7 Å². The maximum absolute atomic E-state index is 10.1. The molecule has 0 saturated carbocycles. The normalized spacial score (nSPS) is 14.6. The maximum Gasteiger partial charge on any atom is 0.0929 e. The lowest BCUT2D eigenvalue weighted by Gasteiger charge is -2.21. The van der Waals surface area contributed by atoms with E-state index in [0.717, 1.165) is 12.8 Å². The second-order valence-corrected chi connectivity index (χ2v) is 5.83. The van der Waals surface area contributed by atoms with Gasteiger partial charge in [0.2, 0.25) is 0 Å². The summed E-state index contributed by atoms with van der Waals surface area (Å²) in [4.78, 5) is 0. The molecule has 5 heteroatoms. The predicted octanol–water partition coefficient (Wildman–Crippen LogP) is 3.41. The Morgan fingerprint density at radius 1 is 1.10 bits per heavy atom. The molecule has 0 fully saturated rings. The van der Waals surface area contributed by atoms with Crippen LogP contribution < -0.4 is 5.32 Å². The van der Waals surface area contributed by atoms with Gasteiger partial charge in [0.25, 0.3) is 0 Å². The van der Waals surface area contributed by atoms with E-state index in [-0.39, 0.29) is 5.92 Å². The first-order valence-electron chi connectivity index (χ1n) is 7.01. The number of rotatable bonds is 8. The van der Waals surface area contributed by atoms with E-state index < -0.39 is 12.2 Å². The molecule has 0 aliphatic rings. The van der Waals surface area contributed by atoms with Crippen LogP contribution in [0.5, 0.6) is 0 Å². The summed E-state index contributed by atoms with van der Waals surface area (Å²) in [6, 6.07) is 5.01. The van der Waals surface area contributed by atoms with Crippen LogP contribution in [0.3, 0.4) is 0 Å². The van der Waals surface area contributed by atoms with E-state index in [2.05, 4.69) is 19.2 Å². The summed E-state index contributed by atoms with van der Waals surface area (Å²) in [6.07, 6.45) is 0.756. The SMILES string of the molecule is CCC(CC)C(O)CNCC(O)c1cc(Cl)ccc1Cl. The van der Waals surface area contributed by atoms with Gasteiger partial charge in [-0.05, 0) is 24.1 Å². The summed E-state index contributed by atoms with van der Waals surface area (Å²) in [5.41, 5.74) is 0.601. The van der Waals surface area contributed by atoms with Crippen molar-refractivity contribution in [3.8, 4) is 0 Å². The second kappa shape index (κ2) is 8.85. The highest BCUT2D eigenvalue weighted by atomic mass is 35.5. The molecule has 1 rings (SSSR count). The van der Waals surface area contributed by atoms with Crippen LogP contribution in [0.15, 0.2) is 18.2 Å². The summed E-state index contributed by atoms with van der Waals surface area (Å²) < 4.78 is 0. The number of aliphatic hydroxyl groups excluding tert-OH is 2. The molecule has 114 valence electrons. The van der Waals surface area contributed by atoms with Gasteiger partial charge >= 0.3 is 0 Å².